The van der Waals surface area contributed by atoms with E-state index in [1.807, 2.05) is 12.1 Å². The first-order valence-electron chi connectivity index (χ1n) is 8.92. The second-order valence-electron chi connectivity index (χ2n) is 6.27. The number of carbonyl (C=O) groups is 2. The molecule has 0 aliphatic carbocycles. The van der Waals surface area contributed by atoms with Crippen molar-refractivity contribution in [3.63, 3.8) is 0 Å². The highest BCUT2D eigenvalue weighted by atomic mass is 79.9. The molecule has 1 aliphatic rings. The number of nitrogens with zero attached hydrogens (tertiary/aromatic N) is 2. The van der Waals surface area contributed by atoms with Crippen LogP contribution in [0.4, 0.5) is 0 Å². The number of ether oxygens (including phenoxy) is 1. The number of carbonyl (C=O) groups excluding carboxylic acids is 2. The Morgan fingerprint density at radius 1 is 1.33 bits per heavy atom. The van der Waals surface area contributed by atoms with Gasteiger partial charge in [-0.2, -0.15) is 0 Å². The highest BCUT2D eigenvalue weighted by molar-refractivity contribution is 9.10. The molecular weight excluding hydrogens is 428 g/mol. The maximum absolute atomic E-state index is 12.2. The number of thiazole rings is 1. The number of aromatic nitrogens is 1. The number of rotatable bonds is 5. The van der Waals surface area contributed by atoms with Gasteiger partial charge in [0.05, 0.1) is 17.3 Å². The second-order valence-corrected chi connectivity index (χ2v) is 8.07. The highest BCUT2D eigenvalue weighted by Gasteiger charge is 2.25. The predicted octanol–water partition coefficient (Wildman–Crippen LogP) is 4.40. The lowest BCUT2D eigenvalue weighted by Gasteiger charge is -2.30. The molecule has 142 valence electrons. The average Bonchev–Trinajstić information content (AvgIpc) is 3.17. The molecule has 1 aromatic heterocycles. The number of hydrogen-bond donors (Lipinski definition) is 0. The lowest BCUT2D eigenvalue weighted by atomic mass is 9.97. The number of piperidine rings is 1. The maximum Gasteiger partial charge on any atom is 0.330 e. The van der Waals surface area contributed by atoms with E-state index in [1.165, 1.54) is 12.2 Å². The van der Waals surface area contributed by atoms with Gasteiger partial charge in [0.25, 0.3) is 0 Å². The van der Waals surface area contributed by atoms with Crippen LogP contribution in [0.5, 0.6) is 0 Å². The molecule has 7 heteroatoms. The van der Waals surface area contributed by atoms with Gasteiger partial charge in [0.2, 0.25) is 5.91 Å². The van der Waals surface area contributed by atoms with Gasteiger partial charge in [-0.3, -0.25) is 4.79 Å². The van der Waals surface area contributed by atoms with E-state index in [0.29, 0.717) is 25.6 Å². The van der Waals surface area contributed by atoms with Crippen LogP contribution in [0, 0.1) is 0 Å². The van der Waals surface area contributed by atoms with Crippen LogP contribution in [0.1, 0.15) is 30.7 Å². The molecule has 1 fully saturated rings. The summed E-state index contributed by atoms with van der Waals surface area (Å²) >= 11 is 5.18. The molecular formula is C20H21BrN2O3S. The first-order chi connectivity index (χ1) is 13.1. The summed E-state index contributed by atoms with van der Waals surface area (Å²) in [5.41, 5.74) is 2.09. The number of benzene rings is 1. The fourth-order valence-electron chi connectivity index (χ4n) is 3.04. The fourth-order valence-corrected chi connectivity index (χ4v) is 4.44. The van der Waals surface area contributed by atoms with E-state index in [-0.39, 0.29) is 5.91 Å². The molecule has 0 N–H and O–H groups in total. The Morgan fingerprint density at radius 2 is 2.11 bits per heavy atom. The predicted molar refractivity (Wildman–Crippen MR) is 110 cm³/mol. The first-order valence-corrected chi connectivity index (χ1v) is 10.6. The molecule has 2 aromatic rings. The Bertz CT molecular complexity index is 841. The van der Waals surface area contributed by atoms with Crippen molar-refractivity contribution in [3.05, 3.63) is 51.3 Å². The number of halogens is 1. The maximum atomic E-state index is 12.2. The Hall–Kier alpha value is -1.99. The molecule has 1 saturated heterocycles. The third kappa shape index (κ3) is 5.26. The minimum atomic E-state index is -0.483. The standard InChI is InChI=1S/C20H21BrN2O3S/c1-2-26-19(25)7-6-18(24)23-10-8-14(9-11-23)20-22-17(13-27-20)15-4-3-5-16(21)12-15/h3-7,12-14H,2,8-11H2,1H3/b7-6+. The van der Waals surface area contributed by atoms with Crippen molar-refractivity contribution in [1.29, 1.82) is 0 Å². The first kappa shape index (κ1) is 19.8. The lowest BCUT2D eigenvalue weighted by Crippen LogP contribution is -2.37. The number of esters is 1. The molecule has 1 aliphatic heterocycles. The lowest BCUT2D eigenvalue weighted by molar-refractivity contribution is -0.137. The van der Waals surface area contributed by atoms with E-state index in [9.17, 15) is 9.59 Å². The molecule has 0 atom stereocenters. The summed E-state index contributed by atoms with van der Waals surface area (Å²) in [7, 11) is 0. The van der Waals surface area contributed by atoms with Crippen LogP contribution in [0.2, 0.25) is 0 Å². The van der Waals surface area contributed by atoms with Crippen molar-refractivity contribution in [2.45, 2.75) is 25.7 Å². The van der Waals surface area contributed by atoms with E-state index < -0.39 is 5.97 Å². The van der Waals surface area contributed by atoms with Crippen LogP contribution in [0.3, 0.4) is 0 Å². The molecule has 27 heavy (non-hydrogen) atoms. The van der Waals surface area contributed by atoms with Crippen molar-refractivity contribution < 1.29 is 14.3 Å². The Morgan fingerprint density at radius 3 is 2.81 bits per heavy atom. The molecule has 1 aromatic carbocycles. The van der Waals surface area contributed by atoms with Gasteiger partial charge in [-0.25, -0.2) is 9.78 Å². The molecule has 0 bridgehead atoms. The summed E-state index contributed by atoms with van der Waals surface area (Å²) in [5.74, 6) is -0.256. The van der Waals surface area contributed by atoms with E-state index >= 15 is 0 Å². The molecule has 3 rings (SSSR count). The molecule has 0 spiro atoms. The number of hydrogen-bond acceptors (Lipinski definition) is 5. The largest absolute Gasteiger partial charge is 0.463 e. The van der Waals surface area contributed by atoms with Crippen molar-refractivity contribution >= 4 is 39.1 Å². The SMILES string of the molecule is CCOC(=O)/C=C/C(=O)N1CCC(c2nc(-c3cccc(Br)c3)cs2)CC1. The molecule has 0 radical (unpaired) electrons. The zero-order valence-corrected chi connectivity index (χ0v) is 17.5. The molecule has 0 unspecified atom stereocenters. The third-order valence-electron chi connectivity index (χ3n) is 4.45. The molecule has 5 nitrogen and oxygen atoms in total. The van der Waals surface area contributed by atoms with Gasteiger partial charge in [-0.15, -0.1) is 11.3 Å². The van der Waals surface area contributed by atoms with E-state index in [2.05, 4.69) is 33.4 Å². The van der Waals surface area contributed by atoms with Crippen LogP contribution >= 0.6 is 27.3 Å². The fraction of sp³-hybridized carbons (Fsp3) is 0.350. The van der Waals surface area contributed by atoms with Crippen LogP contribution in [0.25, 0.3) is 11.3 Å². The van der Waals surface area contributed by atoms with Crippen molar-refractivity contribution in [2.75, 3.05) is 19.7 Å². The van der Waals surface area contributed by atoms with Gasteiger partial charge in [0, 0.05) is 46.6 Å². The highest BCUT2D eigenvalue weighted by Crippen LogP contribution is 2.33. The van der Waals surface area contributed by atoms with Crippen LogP contribution < -0.4 is 0 Å². The smallest absolute Gasteiger partial charge is 0.330 e. The van der Waals surface area contributed by atoms with Crippen molar-refractivity contribution in [2.24, 2.45) is 0 Å². The quantitative estimate of drug-likeness (QED) is 0.502. The summed E-state index contributed by atoms with van der Waals surface area (Å²) in [4.78, 5) is 30.1. The minimum Gasteiger partial charge on any atom is -0.463 e. The molecule has 1 amide bonds. The van der Waals surface area contributed by atoms with E-state index in [1.54, 1.807) is 23.2 Å². The monoisotopic (exact) mass is 448 g/mol. The van der Waals surface area contributed by atoms with Crippen LogP contribution in [0.15, 0.2) is 46.3 Å². The van der Waals surface area contributed by atoms with Gasteiger partial charge in [-0.1, -0.05) is 28.1 Å². The number of amides is 1. The van der Waals surface area contributed by atoms with E-state index in [0.717, 1.165) is 33.6 Å². The minimum absolute atomic E-state index is 0.143. The molecule has 2 heterocycles. The normalized spacial score (nSPS) is 15.3. The second kappa shape index (κ2) is 9.28. The molecule has 0 saturated carbocycles. The zero-order valence-electron chi connectivity index (χ0n) is 15.1. The van der Waals surface area contributed by atoms with Crippen LogP contribution in [-0.2, 0) is 14.3 Å². The summed E-state index contributed by atoms with van der Waals surface area (Å²) in [6, 6.07) is 8.13. The summed E-state index contributed by atoms with van der Waals surface area (Å²) in [5, 5.41) is 3.22. The average molecular weight is 449 g/mol. The Kier molecular flexibility index (Phi) is 6.79. The third-order valence-corrected chi connectivity index (χ3v) is 5.95. The van der Waals surface area contributed by atoms with Gasteiger partial charge in [-0.05, 0) is 31.9 Å². The van der Waals surface area contributed by atoms with Crippen LogP contribution in [-0.4, -0.2) is 41.5 Å². The van der Waals surface area contributed by atoms with Crippen molar-refractivity contribution in [3.8, 4) is 11.3 Å². The summed E-state index contributed by atoms with van der Waals surface area (Å²) in [6.45, 7) is 3.38. The van der Waals surface area contributed by atoms with Gasteiger partial charge in [0.1, 0.15) is 0 Å². The van der Waals surface area contributed by atoms with Gasteiger partial charge >= 0.3 is 5.97 Å². The zero-order chi connectivity index (χ0) is 19.2. The van der Waals surface area contributed by atoms with Crippen molar-refractivity contribution in [1.82, 2.24) is 9.88 Å². The van der Waals surface area contributed by atoms with E-state index in [4.69, 9.17) is 9.72 Å². The number of likely N-dealkylation sites (tertiary alicyclic amines) is 1. The summed E-state index contributed by atoms with van der Waals surface area (Å²) in [6.07, 6.45) is 4.25. The Balaban J connectivity index is 1.57. The Labute approximate surface area is 171 Å². The topological polar surface area (TPSA) is 59.5 Å². The van der Waals surface area contributed by atoms with Gasteiger partial charge in [0.15, 0.2) is 0 Å². The van der Waals surface area contributed by atoms with Gasteiger partial charge < -0.3 is 9.64 Å². The summed E-state index contributed by atoms with van der Waals surface area (Å²) < 4.78 is 5.83.